The van der Waals surface area contributed by atoms with Gasteiger partial charge in [0, 0.05) is 18.8 Å². The molecule has 0 bridgehead atoms. The summed E-state index contributed by atoms with van der Waals surface area (Å²) in [4.78, 5) is 1.42. The lowest BCUT2D eigenvalue weighted by molar-refractivity contribution is -0.119. The van der Waals surface area contributed by atoms with Crippen LogP contribution >= 0.6 is 0 Å². The lowest BCUT2D eigenvalue weighted by atomic mass is 10.1. The van der Waals surface area contributed by atoms with Crippen LogP contribution < -0.4 is 10.2 Å². The quantitative estimate of drug-likeness (QED) is 0.721. The third kappa shape index (κ3) is 6.38. The second-order valence-electron chi connectivity index (χ2n) is 5.33. The first-order valence-corrected chi connectivity index (χ1v) is 7.49. The van der Waals surface area contributed by atoms with Crippen molar-refractivity contribution in [3.8, 4) is 0 Å². The number of hydrogen-bond acceptors (Lipinski definition) is 2. The number of aryl methyl sites for hydroxylation is 1. The molecule has 1 aromatic carbocycles. The van der Waals surface area contributed by atoms with Crippen molar-refractivity contribution in [1.82, 2.24) is 5.32 Å². The molecule has 5 heteroatoms. The van der Waals surface area contributed by atoms with Gasteiger partial charge in [-0.1, -0.05) is 26.0 Å². The van der Waals surface area contributed by atoms with Crippen molar-refractivity contribution in [2.45, 2.75) is 46.3 Å². The highest BCUT2D eigenvalue weighted by molar-refractivity contribution is 5.54. The van der Waals surface area contributed by atoms with Crippen LogP contribution in [0.15, 0.2) is 18.2 Å². The molecule has 0 aromatic heterocycles. The van der Waals surface area contributed by atoms with Crippen LogP contribution in [-0.2, 0) is 6.54 Å². The van der Waals surface area contributed by atoms with E-state index in [1.807, 2.05) is 26.0 Å². The third-order valence-electron chi connectivity index (χ3n) is 3.22. The molecule has 1 rings (SSSR count). The van der Waals surface area contributed by atoms with Gasteiger partial charge in [-0.15, -0.1) is 0 Å². The molecular weight excluding hydrogens is 277 g/mol. The third-order valence-corrected chi connectivity index (χ3v) is 3.22. The SMILES string of the molecule is CCCNCc1ccc(N(CCC)CC(F)(F)F)c(C)c1. The molecule has 120 valence electrons. The number of nitrogens with zero attached hydrogens (tertiary/aromatic N) is 1. The van der Waals surface area contributed by atoms with Crippen LogP contribution in [0, 0.1) is 6.92 Å². The maximum Gasteiger partial charge on any atom is 0.405 e. The maximum atomic E-state index is 12.7. The van der Waals surface area contributed by atoms with Crippen molar-refractivity contribution in [3.63, 3.8) is 0 Å². The Hall–Kier alpha value is -1.23. The minimum absolute atomic E-state index is 0.410. The van der Waals surface area contributed by atoms with Crippen LogP contribution in [0.25, 0.3) is 0 Å². The Kier molecular flexibility index (Phi) is 7.02. The van der Waals surface area contributed by atoms with Gasteiger partial charge in [-0.05, 0) is 43.5 Å². The molecule has 0 fully saturated rings. The Bertz CT molecular complexity index is 430. The minimum Gasteiger partial charge on any atom is -0.362 e. The van der Waals surface area contributed by atoms with Gasteiger partial charge in [-0.25, -0.2) is 0 Å². The van der Waals surface area contributed by atoms with Gasteiger partial charge in [0.2, 0.25) is 0 Å². The fourth-order valence-electron chi connectivity index (χ4n) is 2.36. The molecule has 0 radical (unpaired) electrons. The molecule has 2 nitrogen and oxygen atoms in total. The van der Waals surface area contributed by atoms with Crippen LogP contribution in [0.3, 0.4) is 0 Å². The summed E-state index contributed by atoms with van der Waals surface area (Å²) < 4.78 is 38.0. The van der Waals surface area contributed by atoms with Gasteiger partial charge in [0.25, 0.3) is 0 Å². The van der Waals surface area contributed by atoms with Gasteiger partial charge in [0.15, 0.2) is 0 Å². The zero-order chi connectivity index (χ0) is 15.9. The zero-order valence-corrected chi connectivity index (χ0v) is 13.1. The van der Waals surface area contributed by atoms with E-state index in [1.165, 1.54) is 4.90 Å². The summed E-state index contributed by atoms with van der Waals surface area (Å²) in [6.45, 7) is 7.07. The second kappa shape index (κ2) is 8.27. The Morgan fingerprint density at radius 1 is 1.14 bits per heavy atom. The van der Waals surface area contributed by atoms with E-state index in [2.05, 4.69) is 12.2 Å². The summed E-state index contributed by atoms with van der Waals surface area (Å²) in [7, 11) is 0. The fraction of sp³-hybridized carbons (Fsp3) is 0.625. The normalized spacial score (nSPS) is 11.7. The number of anilines is 1. The van der Waals surface area contributed by atoms with E-state index in [-0.39, 0.29) is 0 Å². The molecule has 0 spiro atoms. The summed E-state index contributed by atoms with van der Waals surface area (Å²) in [5.41, 5.74) is 2.67. The van der Waals surface area contributed by atoms with Crippen LogP contribution in [0.4, 0.5) is 18.9 Å². The number of benzene rings is 1. The van der Waals surface area contributed by atoms with Gasteiger partial charge in [0.1, 0.15) is 6.54 Å². The number of hydrogen-bond donors (Lipinski definition) is 1. The van der Waals surface area contributed by atoms with E-state index in [4.69, 9.17) is 0 Å². The summed E-state index contributed by atoms with van der Waals surface area (Å²) in [5.74, 6) is 0. The van der Waals surface area contributed by atoms with Crippen LogP contribution in [0.1, 0.15) is 37.8 Å². The first-order valence-electron chi connectivity index (χ1n) is 7.49. The van der Waals surface area contributed by atoms with Crippen molar-refractivity contribution in [3.05, 3.63) is 29.3 Å². The van der Waals surface area contributed by atoms with Crippen LogP contribution in [-0.4, -0.2) is 25.8 Å². The summed E-state index contributed by atoms with van der Waals surface area (Å²) in [6, 6.07) is 5.68. The van der Waals surface area contributed by atoms with E-state index >= 15 is 0 Å². The summed E-state index contributed by atoms with van der Waals surface area (Å²) in [5, 5.41) is 3.30. The summed E-state index contributed by atoms with van der Waals surface area (Å²) >= 11 is 0. The zero-order valence-electron chi connectivity index (χ0n) is 13.1. The number of alkyl halides is 3. The van der Waals surface area contributed by atoms with Gasteiger partial charge >= 0.3 is 6.18 Å². The molecule has 0 heterocycles. The smallest absolute Gasteiger partial charge is 0.362 e. The standard InChI is InChI=1S/C16H25F3N2/c1-4-8-20-11-14-6-7-15(13(3)10-14)21(9-5-2)12-16(17,18)19/h6-7,10,20H,4-5,8-9,11-12H2,1-3H3. The Morgan fingerprint density at radius 2 is 1.86 bits per heavy atom. The second-order valence-corrected chi connectivity index (χ2v) is 5.33. The first-order chi connectivity index (χ1) is 9.87. The lowest BCUT2D eigenvalue weighted by Crippen LogP contribution is -2.35. The first kappa shape index (κ1) is 17.8. The van der Waals surface area contributed by atoms with E-state index in [0.29, 0.717) is 18.7 Å². The molecule has 0 atom stereocenters. The Balaban J connectivity index is 2.84. The molecule has 1 N–H and O–H groups in total. The number of rotatable bonds is 8. The van der Waals surface area contributed by atoms with Crippen LogP contribution in [0.2, 0.25) is 0 Å². The van der Waals surface area contributed by atoms with E-state index in [1.54, 1.807) is 6.07 Å². The van der Waals surface area contributed by atoms with E-state index < -0.39 is 12.7 Å². The van der Waals surface area contributed by atoms with Crippen molar-refractivity contribution < 1.29 is 13.2 Å². The predicted molar refractivity (Wildman–Crippen MR) is 81.7 cm³/mol. The summed E-state index contributed by atoms with van der Waals surface area (Å²) in [6.07, 6.45) is -2.43. The minimum atomic E-state index is -4.18. The molecule has 0 amide bonds. The molecule has 0 saturated heterocycles. The molecule has 0 aliphatic heterocycles. The Morgan fingerprint density at radius 3 is 2.38 bits per heavy atom. The van der Waals surface area contributed by atoms with Gasteiger partial charge in [-0.2, -0.15) is 13.2 Å². The molecule has 21 heavy (non-hydrogen) atoms. The lowest BCUT2D eigenvalue weighted by Gasteiger charge is -2.27. The van der Waals surface area contributed by atoms with Gasteiger partial charge in [-0.3, -0.25) is 0 Å². The molecule has 0 aliphatic carbocycles. The topological polar surface area (TPSA) is 15.3 Å². The van der Waals surface area contributed by atoms with Crippen molar-refractivity contribution in [2.75, 3.05) is 24.5 Å². The molecular formula is C16H25F3N2. The predicted octanol–water partition coefficient (Wildman–Crippen LogP) is 4.27. The fourth-order valence-corrected chi connectivity index (χ4v) is 2.36. The van der Waals surface area contributed by atoms with Crippen molar-refractivity contribution in [1.29, 1.82) is 0 Å². The molecule has 0 saturated carbocycles. The number of halogens is 3. The average molecular weight is 302 g/mol. The van der Waals surface area contributed by atoms with Crippen LogP contribution in [0.5, 0.6) is 0 Å². The average Bonchev–Trinajstić information content (AvgIpc) is 2.37. The molecule has 0 unspecified atom stereocenters. The molecule has 1 aromatic rings. The van der Waals surface area contributed by atoms with Crippen molar-refractivity contribution in [2.24, 2.45) is 0 Å². The molecule has 0 aliphatic rings. The monoisotopic (exact) mass is 302 g/mol. The highest BCUT2D eigenvalue weighted by atomic mass is 19.4. The van der Waals surface area contributed by atoms with Crippen molar-refractivity contribution >= 4 is 5.69 Å². The number of nitrogens with one attached hydrogen (secondary N) is 1. The van der Waals surface area contributed by atoms with Gasteiger partial charge in [0.05, 0.1) is 0 Å². The van der Waals surface area contributed by atoms with Gasteiger partial charge < -0.3 is 10.2 Å². The maximum absolute atomic E-state index is 12.7. The van der Waals surface area contributed by atoms with E-state index in [9.17, 15) is 13.2 Å². The Labute approximate surface area is 125 Å². The highest BCUT2D eigenvalue weighted by Gasteiger charge is 2.31. The largest absolute Gasteiger partial charge is 0.405 e. The van der Waals surface area contributed by atoms with E-state index in [0.717, 1.165) is 30.6 Å². The highest BCUT2D eigenvalue weighted by Crippen LogP contribution is 2.26.